The monoisotopic (exact) mass is 514 g/mol. The lowest BCUT2D eigenvalue weighted by molar-refractivity contribution is -0.275. The number of aromatic nitrogens is 1. The predicted molar refractivity (Wildman–Crippen MR) is 114 cm³/mol. The summed E-state index contributed by atoms with van der Waals surface area (Å²) < 4.78 is 60.2. The number of allylic oxidation sites excluding steroid dienone is 1. The molecule has 2 aliphatic rings. The lowest BCUT2D eigenvalue weighted by Crippen LogP contribution is -2.58. The Morgan fingerprint density at radius 2 is 2.00 bits per heavy atom. The van der Waals surface area contributed by atoms with Crippen molar-refractivity contribution < 1.29 is 41.4 Å². The van der Waals surface area contributed by atoms with Crippen molar-refractivity contribution >= 4 is 34.3 Å². The average molecular weight is 514 g/mol. The van der Waals surface area contributed by atoms with Gasteiger partial charge in [0.25, 0.3) is 0 Å². The molecule has 1 aromatic carbocycles. The number of carbonyl (C=O) groups excluding carboxylic acids is 3. The standard InChI is InChI=1S/C21H18F4N4O5S/c1-9-11(16-17(31)28(2)20(32)29(3)18(16)33-9)7-15(30)27-19-26-13(8-35-19)10-4-5-14(12(22)6-10)34-21(23,24)25/h4-6,8,16,18H,7H2,1-3H3,(H,26,27,30). The van der Waals surface area contributed by atoms with E-state index in [4.69, 9.17) is 4.74 Å². The number of hydrogen-bond acceptors (Lipinski definition) is 7. The Balaban J connectivity index is 1.44. The zero-order valence-electron chi connectivity index (χ0n) is 18.5. The van der Waals surface area contributed by atoms with Crippen molar-refractivity contribution in [3.05, 3.63) is 40.7 Å². The molecular weight excluding hydrogens is 496 g/mol. The number of anilines is 1. The van der Waals surface area contributed by atoms with Crippen LogP contribution in [0.25, 0.3) is 11.3 Å². The van der Waals surface area contributed by atoms with Crippen LogP contribution in [0.3, 0.4) is 0 Å². The zero-order valence-corrected chi connectivity index (χ0v) is 19.3. The van der Waals surface area contributed by atoms with E-state index >= 15 is 0 Å². The SMILES string of the molecule is CC1=C(CC(=O)Nc2nc(-c3ccc(OC(F)(F)F)c(F)c3)cs2)C2C(=O)N(C)C(=O)N(C)C2O1. The minimum Gasteiger partial charge on any atom is -0.474 e. The summed E-state index contributed by atoms with van der Waals surface area (Å²) in [6.45, 7) is 1.61. The largest absolute Gasteiger partial charge is 0.573 e. The molecule has 0 spiro atoms. The van der Waals surface area contributed by atoms with Crippen LogP contribution in [0.4, 0.5) is 27.5 Å². The predicted octanol–water partition coefficient (Wildman–Crippen LogP) is 3.95. The number of rotatable bonds is 5. The highest BCUT2D eigenvalue weighted by Crippen LogP contribution is 2.39. The molecule has 4 amide bonds. The third kappa shape index (κ3) is 4.78. The number of ether oxygens (including phenoxy) is 2. The number of carbonyl (C=O) groups is 3. The highest BCUT2D eigenvalue weighted by Gasteiger charge is 2.51. The highest BCUT2D eigenvalue weighted by molar-refractivity contribution is 7.14. The number of fused-ring (bicyclic) bond motifs is 1. The van der Waals surface area contributed by atoms with Crippen LogP contribution >= 0.6 is 11.3 Å². The molecule has 0 bridgehead atoms. The lowest BCUT2D eigenvalue weighted by atomic mass is 9.92. The van der Waals surface area contributed by atoms with Gasteiger partial charge in [-0.15, -0.1) is 24.5 Å². The fraction of sp³-hybridized carbons (Fsp3) is 0.333. The minimum absolute atomic E-state index is 0.161. The second kappa shape index (κ2) is 8.83. The van der Waals surface area contributed by atoms with Crippen molar-refractivity contribution in [1.29, 1.82) is 0 Å². The highest BCUT2D eigenvalue weighted by atomic mass is 32.1. The number of nitrogens with one attached hydrogen (secondary N) is 1. The molecule has 9 nitrogen and oxygen atoms in total. The normalized spacial score (nSPS) is 20.2. The van der Waals surface area contributed by atoms with Crippen LogP contribution in [-0.2, 0) is 14.3 Å². The maximum Gasteiger partial charge on any atom is 0.573 e. The Bertz CT molecular complexity index is 1240. The Morgan fingerprint density at radius 3 is 2.66 bits per heavy atom. The number of urea groups is 1. The van der Waals surface area contributed by atoms with Gasteiger partial charge in [0.1, 0.15) is 5.92 Å². The Morgan fingerprint density at radius 1 is 1.29 bits per heavy atom. The van der Waals surface area contributed by atoms with E-state index in [2.05, 4.69) is 15.0 Å². The summed E-state index contributed by atoms with van der Waals surface area (Å²) in [6.07, 6.45) is -6.05. The fourth-order valence-electron chi connectivity index (χ4n) is 3.84. The molecule has 2 aliphatic heterocycles. The van der Waals surface area contributed by atoms with Gasteiger partial charge in [-0.1, -0.05) is 0 Å². The van der Waals surface area contributed by atoms with Gasteiger partial charge in [-0.2, -0.15) is 0 Å². The van der Waals surface area contributed by atoms with Crippen molar-refractivity contribution in [1.82, 2.24) is 14.8 Å². The molecule has 14 heteroatoms. The molecule has 1 saturated heterocycles. The molecule has 1 aromatic heterocycles. The number of hydrogen-bond donors (Lipinski definition) is 1. The Hall–Kier alpha value is -3.68. The molecule has 2 unspecified atom stereocenters. The van der Waals surface area contributed by atoms with Crippen LogP contribution in [0, 0.1) is 11.7 Å². The molecule has 1 fully saturated rings. The number of halogens is 4. The molecule has 1 N–H and O–H groups in total. The third-order valence-corrected chi connectivity index (χ3v) is 6.29. The van der Waals surface area contributed by atoms with Crippen molar-refractivity contribution in [2.24, 2.45) is 5.92 Å². The molecule has 186 valence electrons. The molecule has 4 rings (SSSR count). The van der Waals surface area contributed by atoms with Gasteiger partial charge in [0, 0.05) is 25.0 Å². The first-order chi connectivity index (χ1) is 16.4. The van der Waals surface area contributed by atoms with Crippen molar-refractivity contribution in [2.75, 3.05) is 19.4 Å². The quantitative estimate of drug-likeness (QED) is 0.607. The first-order valence-corrected chi connectivity index (χ1v) is 11.0. The van der Waals surface area contributed by atoms with Crippen LogP contribution in [0.5, 0.6) is 5.75 Å². The van der Waals surface area contributed by atoms with E-state index < -0.39 is 47.9 Å². The summed E-state index contributed by atoms with van der Waals surface area (Å²) in [6, 6.07) is 2.37. The van der Waals surface area contributed by atoms with Crippen molar-refractivity contribution in [2.45, 2.75) is 25.9 Å². The molecule has 2 atom stereocenters. The van der Waals surface area contributed by atoms with Crippen LogP contribution in [0.2, 0.25) is 0 Å². The molecule has 3 heterocycles. The maximum absolute atomic E-state index is 14.0. The van der Waals surface area contributed by atoms with Gasteiger partial charge in [0.05, 0.1) is 17.9 Å². The zero-order chi connectivity index (χ0) is 25.7. The number of nitrogens with zero attached hydrogens (tertiary/aromatic N) is 3. The van der Waals surface area contributed by atoms with Crippen molar-refractivity contribution in [3.63, 3.8) is 0 Å². The van der Waals surface area contributed by atoms with Gasteiger partial charge in [-0.3, -0.25) is 19.4 Å². The van der Waals surface area contributed by atoms with Crippen LogP contribution in [-0.4, -0.2) is 59.3 Å². The molecule has 0 saturated carbocycles. The molecule has 2 aromatic rings. The van der Waals surface area contributed by atoms with E-state index in [-0.39, 0.29) is 22.8 Å². The van der Waals surface area contributed by atoms with Gasteiger partial charge in [0.15, 0.2) is 22.9 Å². The maximum atomic E-state index is 14.0. The first kappa shape index (κ1) is 24.4. The molecule has 0 radical (unpaired) electrons. The first-order valence-electron chi connectivity index (χ1n) is 10.1. The van der Waals surface area contributed by atoms with Crippen LogP contribution in [0.1, 0.15) is 13.3 Å². The van der Waals surface area contributed by atoms with Crippen molar-refractivity contribution in [3.8, 4) is 17.0 Å². The minimum atomic E-state index is -5.03. The van der Waals surface area contributed by atoms with E-state index in [9.17, 15) is 31.9 Å². The van der Waals surface area contributed by atoms with E-state index in [0.717, 1.165) is 28.4 Å². The molecule has 35 heavy (non-hydrogen) atoms. The van der Waals surface area contributed by atoms with Gasteiger partial charge in [0.2, 0.25) is 11.8 Å². The smallest absolute Gasteiger partial charge is 0.474 e. The van der Waals surface area contributed by atoms with Gasteiger partial charge in [-0.05, 0) is 30.7 Å². The van der Waals surface area contributed by atoms with E-state index in [1.165, 1.54) is 30.4 Å². The molecule has 0 aliphatic carbocycles. The number of amides is 4. The summed E-state index contributed by atoms with van der Waals surface area (Å²) in [5.41, 5.74) is 0.845. The van der Waals surface area contributed by atoms with E-state index in [1.54, 1.807) is 6.92 Å². The number of alkyl halides is 3. The number of thiazole rings is 1. The second-order valence-electron chi connectivity index (χ2n) is 7.81. The number of benzene rings is 1. The van der Waals surface area contributed by atoms with Gasteiger partial charge >= 0.3 is 12.4 Å². The summed E-state index contributed by atoms with van der Waals surface area (Å²) >= 11 is 1.02. The lowest BCUT2D eigenvalue weighted by Gasteiger charge is -2.37. The van der Waals surface area contributed by atoms with E-state index in [1.807, 2.05) is 0 Å². The molecular formula is C21H18F4N4O5S. The summed E-state index contributed by atoms with van der Waals surface area (Å²) in [5, 5.41) is 4.24. The summed E-state index contributed by atoms with van der Waals surface area (Å²) in [7, 11) is 2.85. The Labute approximate surface area is 199 Å². The third-order valence-electron chi connectivity index (χ3n) is 5.53. The van der Waals surface area contributed by atoms with Crippen LogP contribution < -0.4 is 10.1 Å². The second-order valence-corrected chi connectivity index (χ2v) is 8.67. The topological polar surface area (TPSA) is 101 Å². The summed E-state index contributed by atoms with van der Waals surface area (Å²) in [5.74, 6) is -3.62. The Kier molecular flexibility index (Phi) is 6.17. The van der Waals surface area contributed by atoms with Gasteiger partial charge in [-0.25, -0.2) is 14.2 Å². The van der Waals surface area contributed by atoms with E-state index in [0.29, 0.717) is 11.3 Å². The summed E-state index contributed by atoms with van der Waals surface area (Å²) in [4.78, 5) is 43.9. The van der Waals surface area contributed by atoms with Crippen LogP contribution in [0.15, 0.2) is 34.9 Å². The average Bonchev–Trinajstić information content (AvgIpc) is 3.36. The van der Waals surface area contributed by atoms with Gasteiger partial charge < -0.3 is 14.8 Å². The fourth-order valence-corrected chi connectivity index (χ4v) is 4.58. The number of imide groups is 1.